The van der Waals surface area contributed by atoms with Crippen molar-refractivity contribution in [2.24, 2.45) is 0 Å². The number of imide groups is 1. The summed E-state index contributed by atoms with van der Waals surface area (Å²) < 4.78 is 10.1. The Morgan fingerprint density at radius 2 is 1.56 bits per heavy atom. The number of pyridine rings is 1. The fourth-order valence-electron chi connectivity index (χ4n) is 4.14. The van der Waals surface area contributed by atoms with Gasteiger partial charge in [-0.3, -0.25) is 24.2 Å². The van der Waals surface area contributed by atoms with Crippen molar-refractivity contribution in [3.8, 4) is 0 Å². The van der Waals surface area contributed by atoms with Gasteiger partial charge in [-0.25, -0.2) is 4.90 Å². The Hall–Kier alpha value is -3.81. The minimum atomic E-state index is -1.23. The van der Waals surface area contributed by atoms with E-state index in [4.69, 9.17) is 9.47 Å². The molecule has 1 aliphatic heterocycles. The SMILES string of the molecule is CCOC(=O)CCC1(CCC(=O)OCC)C(=O)N(C(=O)C=Cc2ccccn2)c2ccccc21. The second-order valence-electron chi connectivity index (χ2n) is 7.78. The summed E-state index contributed by atoms with van der Waals surface area (Å²) >= 11 is 0. The smallest absolute Gasteiger partial charge is 0.305 e. The van der Waals surface area contributed by atoms with Gasteiger partial charge in [-0.1, -0.05) is 24.3 Å². The van der Waals surface area contributed by atoms with Gasteiger partial charge in [0.1, 0.15) is 0 Å². The molecule has 0 saturated carbocycles. The molecule has 34 heavy (non-hydrogen) atoms. The highest BCUT2D eigenvalue weighted by atomic mass is 16.5. The van der Waals surface area contributed by atoms with Gasteiger partial charge in [-0.15, -0.1) is 0 Å². The number of fused-ring (bicyclic) bond motifs is 1. The van der Waals surface area contributed by atoms with E-state index in [9.17, 15) is 19.2 Å². The van der Waals surface area contributed by atoms with Crippen molar-refractivity contribution >= 4 is 35.5 Å². The zero-order chi connectivity index (χ0) is 24.6. The minimum Gasteiger partial charge on any atom is -0.466 e. The fraction of sp³-hybridized carbons (Fsp3) is 0.346. The lowest BCUT2D eigenvalue weighted by molar-refractivity contribution is -0.143. The van der Waals surface area contributed by atoms with Gasteiger partial charge in [-0.05, 0) is 56.5 Å². The molecule has 1 aromatic carbocycles. The molecule has 8 nitrogen and oxygen atoms in total. The molecule has 1 aromatic heterocycles. The summed E-state index contributed by atoms with van der Waals surface area (Å²) in [7, 11) is 0. The molecule has 8 heteroatoms. The predicted molar refractivity (Wildman–Crippen MR) is 126 cm³/mol. The van der Waals surface area contributed by atoms with Crippen LogP contribution in [-0.2, 0) is 34.1 Å². The predicted octanol–water partition coefficient (Wildman–Crippen LogP) is 3.59. The van der Waals surface area contributed by atoms with Crippen LogP contribution in [0, 0.1) is 0 Å². The number of aromatic nitrogens is 1. The van der Waals surface area contributed by atoms with Crippen molar-refractivity contribution in [3.63, 3.8) is 0 Å². The summed E-state index contributed by atoms with van der Waals surface area (Å²) in [6.45, 7) is 3.86. The fourth-order valence-corrected chi connectivity index (χ4v) is 4.14. The first-order valence-corrected chi connectivity index (χ1v) is 11.3. The highest BCUT2D eigenvalue weighted by Gasteiger charge is 2.52. The maximum atomic E-state index is 13.8. The van der Waals surface area contributed by atoms with Crippen molar-refractivity contribution in [1.82, 2.24) is 4.98 Å². The number of anilines is 1. The molecule has 3 rings (SSSR count). The normalized spacial score (nSPS) is 14.2. The van der Waals surface area contributed by atoms with Crippen molar-refractivity contribution in [2.45, 2.75) is 44.9 Å². The lowest BCUT2D eigenvalue weighted by Crippen LogP contribution is -2.43. The quantitative estimate of drug-likeness (QED) is 0.391. The van der Waals surface area contributed by atoms with E-state index >= 15 is 0 Å². The van der Waals surface area contributed by atoms with Gasteiger partial charge < -0.3 is 9.47 Å². The van der Waals surface area contributed by atoms with Gasteiger partial charge in [0, 0.05) is 25.1 Å². The number of esters is 2. The molecule has 0 fully saturated rings. The Labute approximate surface area is 198 Å². The van der Waals surface area contributed by atoms with E-state index in [1.165, 1.54) is 12.2 Å². The molecule has 0 saturated heterocycles. The first-order chi connectivity index (χ1) is 16.4. The number of hydrogen-bond donors (Lipinski definition) is 0. The molecule has 2 amide bonds. The molecular formula is C26H28N2O6. The van der Waals surface area contributed by atoms with Crippen LogP contribution in [0.3, 0.4) is 0 Å². The minimum absolute atomic E-state index is 0.0253. The molecule has 0 aliphatic carbocycles. The van der Waals surface area contributed by atoms with E-state index in [0.29, 0.717) is 16.9 Å². The number of hydrogen-bond acceptors (Lipinski definition) is 7. The number of benzene rings is 1. The van der Waals surface area contributed by atoms with Crippen LogP contribution >= 0.6 is 0 Å². The molecular weight excluding hydrogens is 436 g/mol. The van der Waals surface area contributed by atoms with Gasteiger partial charge in [0.15, 0.2) is 0 Å². The lowest BCUT2D eigenvalue weighted by Gasteiger charge is -2.28. The van der Waals surface area contributed by atoms with Crippen molar-refractivity contribution in [1.29, 1.82) is 0 Å². The standard InChI is InChI=1S/C26H28N2O6/c1-3-33-23(30)14-16-26(17-15-24(31)34-4-2)20-10-5-6-11-21(20)28(25(26)32)22(29)13-12-19-9-7-8-18-27-19/h5-13,18H,3-4,14-17H2,1-2H3. The van der Waals surface area contributed by atoms with Gasteiger partial charge in [0.05, 0.1) is 30.0 Å². The summed E-state index contributed by atoms with van der Waals surface area (Å²) in [5.41, 5.74) is 0.390. The molecule has 0 N–H and O–H groups in total. The number of rotatable bonds is 10. The molecule has 1 aliphatic rings. The number of amides is 2. The van der Waals surface area contributed by atoms with Crippen LogP contribution in [0.1, 0.15) is 50.8 Å². The van der Waals surface area contributed by atoms with Crippen LogP contribution in [0.2, 0.25) is 0 Å². The number of carbonyl (C=O) groups excluding carboxylic acids is 4. The number of nitrogens with zero attached hydrogens (tertiary/aromatic N) is 2. The van der Waals surface area contributed by atoms with Crippen LogP contribution in [0.4, 0.5) is 5.69 Å². The van der Waals surface area contributed by atoms with Crippen LogP contribution in [0.15, 0.2) is 54.7 Å². The van der Waals surface area contributed by atoms with Crippen molar-refractivity contribution in [3.05, 3.63) is 66.0 Å². The first-order valence-electron chi connectivity index (χ1n) is 11.3. The molecule has 178 valence electrons. The van der Waals surface area contributed by atoms with Crippen LogP contribution in [-0.4, -0.2) is 42.0 Å². The Morgan fingerprint density at radius 1 is 0.941 bits per heavy atom. The molecule has 0 atom stereocenters. The van der Waals surface area contributed by atoms with Crippen molar-refractivity contribution < 1.29 is 28.7 Å². The Morgan fingerprint density at radius 3 is 2.15 bits per heavy atom. The average molecular weight is 465 g/mol. The zero-order valence-electron chi connectivity index (χ0n) is 19.4. The molecule has 0 unspecified atom stereocenters. The van der Waals surface area contributed by atoms with Crippen LogP contribution in [0.5, 0.6) is 0 Å². The van der Waals surface area contributed by atoms with E-state index in [-0.39, 0.29) is 38.9 Å². The maximum absolute atomic E-state index is 13.8. The average Bonchev–Trinajstić information content (AvgIpc) is 3.09. The Bertz CT molecular complexity index is 1060. The van der Waals surface area contributed by atoms with Crippen molar-refractivity contribution in [2.75, 3.05) is 18.1 Å². The molecule has 0 radical (unpaired) electrons. The van der Waals surface area contributed by atoms with Gasteiger partial charge in [0.25, 0.3) is 5.91 Å². The topological polar surface area (TPSA) is 103 Å². The highest BCUT2D eigenvalue weighted by Crippen LogP contribution is 2.47. The Kier molecular flexibility index (Phi) is 8.29. The monoisotopic (exact) mass is 464 g/mol. The third kappa shape index (κ3) is 5.39. The molecule has 2 heterocycles. The first kappa shape index (κ1) is 24.8. The summed E-state index contributed by atoms with van der Waals surface area (Å²) in [6.07, 6.45) is 4.60. The summed E-state index contributed by atoms with van der Waals surface area (Å²) in [5.74, 6) is -1.89. The van der Waals surface area contributed by atoms with E-state index in [1.807, 2.05) is 0 Å². The summed E-state index contributed by atoms with van der Waals surface area (Å²) in [5, 5.41) is 0. The Balaban J connectivity index is 1.96. The molecule has 0 bridgehead atoms. The summed E-state index contributed by atoms with van der Waals surface area (Å²) in [6, 6.07) is 12.3. The zero-order valence-corrected chi connectivity index (χ0v) is 19.4. The van der Waals surface area contributed by atoms with Crippen LogP contribution < -0.4 is 4.90 Å². The van der Waals surface area contributed by atoms with Gasteiger partial charge in [-0.2, -0.15) is 0 Å². The van der Waals surface area contributed by atoms with E-state index < -0.39 is 29.2 Å². The van der Waals surface area contributed by atoms with Gasteiger partial charge in [0.2, 0.25) is 5.91 Å². The van der Waals surface area contributed by atoms with E-state index in [0.717, 1.165) is 4.90 Å². The van der Waals surface area contributed by atoms with E-state index in [2.05, 4.69) is 4.98 Å². The number of carbonyl (C=O) groups is 4. The maximum Gasteiger partial charge on any atom is 0.305 e. The number of ether oxygens (including phenoxy) is 2. The lowest BCUT2D eigenvalue weighted by atomic mass is 9.74. The second kappa shape index (κ2) is 11.4. The second-order valence-corrected chi connectivity index (χ2v) is 7.78. The third-order valence-corrected chi connectivity index (χ3v) is 5.70. The van der Waals surface area contributed by atoms with Gasteiger partial charge >= 0.3 is 11.9 Å². The largest absolute Gasteiger partial charge is 0.466 e. The molecule has 2 aromatic rings. The number of para-hydroxylation sites is 1. The van der Waals surface area contributed by atoms with E-state index in [1.54, 1.807) is 62.5 Å². The van der Waals surface area contributed by atoms with Crippen LogP contribution in [0.25, 0.3) is 6.08 Å². The highest BCUT2D eigenvalue weighted by molar-refractivity contribution is 6.26. The molecule has 0 spiro atoms. The summed E-state index contributed by atoms with van der Waals surface area (Å²) in [4.78, 5) is 56.6. The third-order valence-electron chi connectivity index (χ3n) is 5.70.